The molecule has 29 heavy (non-hydrogen) atoms. The fourth-order valence-electron chi connectivity index (χ4n) is 3.68. The van der Waals surface area contributed by atoms with Crippen molar-refractivity contribution in [1.82, 2.24) is 14.6 Å². The maximum Gasteiger partial charge on any atom is 0.243 e. The van der Waals surface area contributed by atoms with Crippen LogP contribution in [0.5, 0.6) is 0 Å². The third kappa shape index (κ3) is 8.66. The lowest BCUT2D eigenvalue weighted by Crippen LogP contribution is -2.40. The van der Waals surface area contributed by atoms with Gasteiger partial charge in [0.25, 0.3) is 0 Å². The van der Waals surface area contributed by atoms with Gasteiger partial charge in [-0.2, -0.15) is 4.31 Å². The molecular formula is C22H35N3O3S. The zero-order chi connectivity index (χ0) is 21.0. The molecule has 0 spiro atoms. The lowest BCUT2D eigenvalue weighted by Gasteiger charge is -2.28. The summed E-state index contributed by atoms with van der Waals surface area (Å²) in [6.07, 6.45) is 15.0. The van der Waals surface area contributed by atoms with E-state index in [-0.39, 0.29) is 17.7 Å². The first kappa shape index (κ1) is 23.5. The highest BCUT2D eigenvalue weighted by atomic mass is 32.2. The van der Waals surface area contributed by atoms with E-state index < -0.39 is 10.0 Å². The van der Waals surface area contributed by atoms with E-state index in [0.29, 0.717) is 19.5 Å². The topological polar surface area (TPSA) is 79.4 Å². The highest BCUT2D eigenvalue weighted by molar-refractivity contribution is 7.89. The summed E-state index contributed by atoms with van der Waals surface area (Å²) < 4.78 is 27.4. The van der Waals surface area contributed by atoms with Crippen molar-refractivity contribution >= 4 is 22.0 Å². The van der Waals surface area contributed by atoms with Gasteiger partial charge in [0.2, 0.25) is 15.9 Å². The number of rotatable bonds is 13. The normalized spacial score (nSPS) is 15.4. The molecule has 1 aromatic heterocycles. The monoisotopic (exact) mass is 421 g/mol. The molecule has 1 aromatic rings. The Hall–Kier alpha value is -1.73. The lowest BCUT2D eigenvalue weighted by atomic mass is 10.2. The standard InChI is InChI=1S/C22H35N3O3S/c1-2-3-17-25(21-11-5-6-12-21)29(27,28)18-8-4-7-16-24-22(26)14-13-20-10-9-15-23-19-20/h9-10,13-15,19,21H,2-8,11-12,16-18H2,1H3,(H,24,26). The molecule has 0 aliphatic heterocycles. The van der Waals surface area contributed by atoms with Gasteiger partial charge in [0.1, 0.15) is 0 Å². The van der Waals surface area contributed by atoms with Crippen LogP contribution in [0, 0.1) is 0 Å². The average Bonchev–Trinajstić information content (AvgIpc) is 3.24. The van der Waals surface area contributed by atoms with Crippen LogP contribution in [0.25, 0.3) is 6.08 Å². The van der Waals surface area contributed by atoms with Crippen molar-refractivity contribution < 1.29 is 13.2 Å². The van der Waals surface area contributed by atoms with Crippen LogP contribution in [0.4, 0.5) is 0 Å². The van der Waals surface area contributed by atoms with Crippen LogP contribution in [0.1, 0.15) is 70.3 Å². The summed E-state index contributed by atoms with van der Waals surface area (Å²) in [5.74, 6) is 0.0654. The van der Waals surface area contributed by atoms with Crippen molar-refractivity contribution in [2.45, 2.75) is 70.8 Å². The maximum atomic E-state index is 12.8. The van der Waals surface area contributed by atoms with E-state index in [1.807, 2.05) is 12.1 Å². The zero-order valence-electron chi connectivity index (χ0n) is 17.6. The minimum atomic E-state index is -3.19. The number of hydrogen-bond donors (Lipinski definition) is 1. The van der Waals surface area contributed by atoms with Crippen molar-refractivity contribution in [3.63, 3.8) is 0 Å². The van der Waals surface area contributed by atoms with Gasteiger partial charge in [-0.25, -0.2) is 8.42 Å². The number of nitrogens with one attached hydrogen (secondary N) is 1. The molecule has 1 aliphatic rings. The molecule has 2 rings (SSSR count). The fourth-order valence-corrected chi connectivity index (χ4v) is 5.55. The highest BCUT2D eigenvalue weighted by Gasteiger charge is 2.30. The number of carbonyl (C=O) groups excluding carboxylic acids is 1. The Morgan fingerprint density at radius 1 is 1.24 bits per heavy atom. The van der Waals surface area contributed by atoms with Crippen LogP contribution in [-0.2, 0) is 14.8 Å². The Balaban J connectivity index is 1.66. The van der Waals surface area contributed by atoms with E-state index >= 15 is 0 Å². The predicted octanol–water partition coefficient (Wildman–Crippen LogP) is 3.76. The summed E-state index contributed by atoms with van der Waals surface area (Å²) in [4.78, 5) is 15.8. The second-order valence-electron chi connectivity index (χ2n) is 7.69. The van der Waals surface area contributed by atoms with Gasteiger partial charge < -0.3 is 5.32 Å². The van der Waals surface area contributed by atoms with Crippen LogP contribution in [0.3, 0.4) is 0 Å². The van der Waals surface area contributed by atoms with E-state index in [9.17, 15) is 13.2 Å². The van der Waals surface area contributed by atoms with Crippen molar-refractivity contribution in [2.75, 3.05) is 18.8 Å². The number of amides is 1. The number of pyridine rings is 1. The smallest absolute Gasteiger partial charge is 0.243 e. The average molecular weight is 422 g/mol. The summed E-state index contributed by atoms with van der Waals surface area (Å²) >= 11 is 0. The summed E-state index contributed by atoms with van der Waals surface area (Å²) in [7, 11) is -3.19. The fraction of sp³-hybridized carbons (Fsp3) is 0.636. The number of carbonyl (C=O) groups is 1. The zero-order valence-corrected chi connectivity index (χ0v) is 18.4. The molecule has 1 heterocycles. The Morgan fingerprint density at radius 3 is 2.72 bits per heavy atom. The highest BCUT2D eigenvalue weighted by Crippen LogP contribution is 2.26. The Labute approximate surface area is 175 Å². The van der Waals surface area contributed by atoms with Crippen LogP contribution in [0.15, 0.2) is 30.6 Å². The SMILES string of the molecule is CCCCN(C1CCCC1)S(=O)(=O)CCCCCNC(=O)C=Cc1cccnc1. The van der Waals surface area contributed by atoms with Gasteiger partial charge in [0.15, 0.2) is 0 Å². The molecule has 0 radical (unpaired) electrons. The molecule has 0 bridgehead atoms. The van der Waals surface area contributed by atoms with E-state index in [4.69, 9.17) is 0 Å². The molecule has 0 atom stereocenters. The largest absolute Gasteiger partial charge is 0.353 e. The van der Waals surface area contributed by atoms with Crippen molar-refractivity contribution in [3.8, 4) is 0 Å². The molecule has 1 amide bonds. The van der Waals surface area contributed by atoms with Crippen LogP contribution >= 0.6 is 0 Å². The summed E-state index contributed by atoms with van der Waals surface area (Å²) in [6, 6.07) is 3.91. The van der Waals surface area contributed by atoms with E-state index in [2.05, 4.69) is 17.2 Å². The molecule has 0 saturated heterocycles. The van der Waals surface area contributed by atoms with Gasteiger partial charge in [-0.1, -0.05) is 38.7 Å². The second-order valence-corrected chi connectivity index (χ2v) is 9.73. The third-order valence-electron chi connectivity index (χ3n) is 5.31. The van der Waals surface area contributed by atoms with Gasteiger partial charge >= 0.3 is 0 Å². The molecule has 0 aromatic carbocycles. The molecular weight excluding hydrogens is 386 g/mol. The molecule has 0 unspecified atom stereocenters. The number of nitrogens with zero attached hydrogens (tertiary/aromatic N) is 2. The summed E-state index contributed by atoms with van der Waals surface area (Å²) in [5.41, 5.74) is 0.878. The van der Waals surface area contributed by atoms with Crippen molar-refractivity contribution in [3.05, 3.63) is 36.2 Å². The molecule has 6 nitrogen and oxygen atoms in total. The van der Waals surface area contributed by atoms with Crippen LogP contribution in [-0.4, -0.2) is 48.5 Å². The summed E-state index contributed by atoms with van der Waals surface area (Å²) in [5, 5.41) is 2.84. The van der Waals surface area contributed by atoms with Crippen LogP contribution < -0.4 is 5.32 Å². The molecule has 1 saturated carbocycles. The molecule has 1 aliphatic carbocycles. The number of unbranched alkanes of at least 4 members (excludes halogenated alkanes) is 3. The second kappa shape index (κ2) is 12.8. The van der Waals surface area contributed by atoms with E-state index in [1.54, 1.807) is 22.8 Å². The molecule has 7 heteroatoms. The predicted molar refractivity (Wildman–Crippen MR) is 118 cm³/mol. The van der Waals surface area contributed by atoms with Gasteiger partial charge in [0.05, 0.1) is 5.75 Å². The number of aromatic nitrogens is 1. The minimum Gasteiger partial charge on any atom is -0.353 e. The van der Waals surface area contributed by atoms with Gasteiger partial charge in [0, 0.05) is 37.6 Å². The first-order valence-corrected chi connectivity index (χ1v) is 12.5. The van der Waals surface area contributed by atoms with Crippen molar-refractivity contribution in [1.29, 1.82) is 0 Å². The number of sulfonamides is 1. The quantitative estimate of drug-likeness (QED) is 0.388. The Bertz CT molecular complexity index is 729. The first-order valence-electron chi connectivity index (χ1n) is 10.9. The van der Waals surface area contributed by atoms with Gasteiger partial charge in [-0.15, -0.1) is 0 Å². The Kier molecular flexibility index (Phi) is 10.4. The number of hydrogen-bond acceptors (Lipinski definition) is 4. The van der Waals surface area contributed by atoms with E-state index in [0.717, 1.165) is 56.9 Å². The Morgan fingerprint density at radius 2 is 2.03 bits per heavy atom. The maximum absolute atomic E-state index is 12.8. The molecule has 1 fully saturated rings. The lowest BCUT2D eigenvalue weighted by molar-refractivity contribution is -0.116. The van der Waals surface area contributed by atoms with Gasteiger partial charge in [-0.3, -0.25) is 9.78 Å². The van der Waals surface area contributed by atoms with Crippen LogP contribution in [0.2, 0.25) is 0 Å². The third-order valence-corrected chi connectivity index (χ3v) is 7.31. The first-order chi connectivity index (χ1) is 14.0. The minimum absolute atomic E-state index is 0.145. The van der Waals surface area contributed by atoms with E-state index in [1.165, 1.54) is 6.08 Å². The molecule has 162 valence electrons. The van der Waals surface area contributed by atoms with Crippen molar-refractivity contribution in [2.24, 2.45) is 0 Å². The van der Waals surface area contributed by atoms with Gasteiger partial charge in [-0.05, 0) is 49.8 Å². The summed E-state index contributed by atoms with van der Waals surface area (Å²) in [6.45, 7) is 3.31. The molecule has 1 N–H and O–H groups in total.